The monoisotopic (exact) mass is 702 g/mol. The highest BCUT2D eigenvalue weighted by Crippen LogP contribution is 2.44. The van der Waals surface area contributed by atoms with E-state index in [0.29, 0.717) is 0 Å². The third-order valence-electron chi connectivity index (χ3n) is 10.4. The number of fused-ring (bicyclic) bond motifs is 2. The number of allylic oxidation sites excluding steroid dienone is 2. The average Bonchev–Trinajstić information content (AvgIpc) is 3.89. The first-order valence-electron chi connectivity index (χ1n) is 17.7. The molecule has 8 aromatic rings. The second kappa shape index (κ2) is 14.1. The summed E-state index contributed by atoms with van der Waals surface area (Å²) in [5.41, 5.74) is 12.4. The molecule has 0 radical (unpaired) electrons. The number of rotatable bonds is 6. The van der Waals surface area contributed by atoms with E-state index in [-0.39, 0.29) is 10.8 Å². The first kappa shape index (κ1) is 32.7. The van der Waals surface area contributed by atoms with Crippen LogP contribution in [0.25, 0.3) is 34.8 Å². The molecule has 10 rings (SSSR count). The molecule has 10 nitrogen and oxygen atoms in total. The van der Waals surface area contributed by atoms with Crippen molar-refractivity contribution < 1.29 is 0 Å². The molecule has 8 heterocycles. The molecule has 0 saturated heterocycles. The molecule has 0 fully saturated rings. The van der Waals surface area contributed by atoms with Crippen LogP contribution < -0.4 is 0 Å². The molecule has 54 heavy (non-hydrogen) atoms. The molecular formula is C44H34N10. The fourth-order valence-corrected chi connectivity index (χ4v) is 7.67. The lowest BCUT2D eigenvalue weighted by Crippen LogP contribution is -2.30. The van der Waals surface area contributed by atoms with E-state index in [9.17, 15) is 0 Å². The number of H-pyrrole nitrogens is 2. The Hall–Kier alpha value is -7.20. The van der Waals surface area contributed by atoms with Crippen LogP contribution in [0, 0.1) is 0 Å². The van der Waals surface area contributed by atoms with Gasteiger partial charge in [-0.25, -0.2) is 0 Å². The predicted octanol–water partition coefficient (Wildman–Crippen LogP) is 7.63. The van der Waals surface area contributed by atoms with E-state index in [1.54, 1.807) is 12.4 Å². The van der Waals surface area contributed by atoms with Crippen molar-refractivity contribution in [3.8, 4) is 22.6 Å². The lowest BCUT2D eigenvalue weighted by atomic mass is 9.69. The van der Waals surface area contributed by atoms with Gasteiger partial charge in [-0.2, -0.15) is 10.2 Å². The van der Waals surface area contributed by atoms with E-state index in [2.05, 4.69) is 123 Å². The minimum absolute atomic E-state index is 0.280. The van der Waals surface area contributed by atoms with Crippen molar-refractivity contribution in [2.75, 3.05) is 0 Å². The molecule has 0 bridgehead atoms. The first-order chi connectivity index (χ1) is 26.7. The molecule has 0 spiro atoms. The molecule has 10 heteroatoms. The van der Waals surface area contributed by atoms with Crippen LogP contribution in [0.15, 0.2) is 159 Å². The molecule has 8 aromatic heterocycles. The zero-order valence-electron chi connectivity index (χ0n) is 29.2. The lowest BCUT2D eigenvalue weighted by molar-refractivity contribution is 0.618. The van der Waals surface area contributed by atoms with E-state index >= 15 is 0 Å². The SMILES string of the molecule is C1=CC(c2ccncc2)(c2ccncc2)Cc2[nH]nc(-c3ccccn3)c21.C1=CC(c2ccncc2)(c2ccncc2)Cc2[nH]nc(-c3cccnc3)c21. The molecular weight excluding hydrogens is 669 g/mol. The number of nitrogens with one attached hydrogen (secondary N) is 2. The van der Waals surface area contributed by atoms with E-state index in [1.807, 2.05) is 86.1 Å². The maximum atomic E-state index is 4.58. The largest absolute Gasteiger partial charge is 0.281 e. The summed E-state index contributed by atoms with van der Waals surface area (Å²) in [4.78, 5) is 25.4. The lowest BCUT2D eigenvalue weighted by Gasteiger charge is -2.34. The van der Waals surface area contributed by atoms with Crippen molar-refractivity contribution in [3.05, 3.63) is 204 Å². The molecule has 0 amide bonds. The van der Waals surface area contributed by atoms with Gasteiger partial charge in [0.15, 0.2) is 0 Å². The van der Waals surface area contributed by atoms with Gasteiger partial charge in [-0.05, 0) is 95.1 Å². The van der Waals surface area contributed by atoms with Crippen molar-refractivity contribution in [1.29, 1.82) is 0 Å². The second-order valence-corrected chi connectivity index (χ2v) is 13.3. The zero-order valence-corrected chi connectivity index (χ0v) is 29.2. The zero-order chi connectivity index (χ0) is 36.2. The second-order valence-electron chi connectivity index (χ2n) is 13.3. The van der Waals surface area contributed by atoms with Gasteiger partial charge in [0.1, 0.15) is 11.4 Å². The highest BCUT2D eigenvalue weighted by Gasteiger charge is 2.38. The summed E-state index contributed by atoms with van der Waals surface area (Å²) in [5, 5.41) is 15.6. The van der Waals surface area contributed by atoms with Gasteiger partial charge in [0, 0.05) is 120 Å². The van der Waals surface area contributed by atoms with Crippen LogP contribution in [-0.4, -0.2) is 50.3 Å². The molecule has 0 saturated carbocycles. The van der Waals surface area contributed by atoms with Crippen LogP contribution in [0.2, 0.25) is 0 Å². The third-order valence-corrected chi connectivity index (χ3v) is 10.4. The summed E-state index contributed by atoms with van der Waals surface area (Å²) in [6, 6.07) is 26.5. The smallest absolute Gasteiger partial charge is 0.118 e. The number of pyridine rings is 6. The Morgan fingerprint density at radius 1 is 0.444 bits per heavy atom. The molecule has 0 aromatic carbocycles. The third kappa shape index (κ3) is 5.89. The van der Waals surface area contributed by atoms with Crippen LogP contribution >= 0.6 is 0 Å². The highest BCUT2D eigenvalue weighted by atomic mass is 15.1. The predicted molar refractivity (Wildman–Crippen MR) is 208 cm³/mol. The Kier molecular flexibility index (Phi) is 8.52. The van der Waals surface area contributed by atoms with Gasteiger partial charge >= 0.3 is 0 Å². The maximum Gasteiger partial charge on any atom is 0.118 e. The van der Waals surface area contributed by atoms with E-state index in [0.717, 1.165) is 58.0 Å². The topological polar surface area (TPSA) is 135 Å². The number of hydrogen-bond acceptors (Lipinski definition) is 8. The van der Waals surface area contributed by atoms with Crippen LogP contribution in [0.3, 0.4) is 0 Å². The summed E-state index contributed by atoms with van der Waals surface area (Å²) < 4.78 is 0. The van der Waals surface area contributed by atoms with Crippen LogP contribution in [0.1, 0.15) is 44.8 Å². The fraction of sp³-hybridized carbons (Fsp3) is 0.0909. The Labute approximate surface area is 311 Å². The van der Waals surface area contributed by atoms with Crippen molar-refractivity contribution in [2.24, 2.45) is 0 Å². The maximum absolute atomic E-state index is 4.58. The molecule has 2 aliphatic carbocycles. The summed E-state index contributed by atoms with van der Waals surface area (Å²) in [7, 11) is 0. The summed E-state index contributed by atoms with van der Waals surface area (Å²) in [6.07, 6.45) is 30.6. The van der Waals surface area contributed by atoms with Crippen LogP contribution in [0.5, 0.6) is 0 Å². The molecule has 260 valence electrons. The van der Waals surface area contributed by atoms with Crippen molar-refractivity contribution in [2.45, 2.75) is 23.7 Å². The Balaban J connectivity index is 0.000000142. The van der Waals surface area contributed by atoms with Crippen LogP contribution in [-0.2, 0) is 23.7 Å². The standard InChI is InChI=1S/2C22H17N5/c1-2-16(15-25-9-1)21-19-3-8-22(14-20(19)26-27-21,17-4-10-23-11-5-17)18-6-12-24-13-7-18;1-2-10-25-19(3-1)21-18-4-9-22(15-20(18)26-27-21,16-5-11-23-12-6-16)17-7-13-24-14-8-17/h1-13,15H,14H2,(H,26,27);1-14H,15H2,(H,26,27). The van der Waals surface area contributed by atoms with Crippen molar-refractivity contribution >= 4 is 12.2 Å². The minimum atomic E-state index is -0.285. The average molecular weight is 703 g/mol. The summed E-state index contributed by atoms with van der Waals surface area (Å²) in [6.45, 7) is 0. The Morgan fingerprint density at radius 2 is 0.926 bits per heavy atom. The van der Waals surface area contributed by atoms with Crippen LogP contribution in [0.4, 0.5) is 0 Å². The number of aromatic nitrogens is 10. The van der Waals surface area contributed by atoms with Gasteiger partial charge in [0.2, 0.25) is 0 Å². The van der Waals surface area contributed by atoms with E-state index in [4.69, 9.17) is 0 Å². The fourth-order valence-electron chi connectivity index (χ4n) is 7.67. The highest BCUT2D eigenvalue weighted by molar-refractivity contribution is 5.76. The first-order valence-corrected chi connectivity index (χ1v) is 17.7. The summed E-state index contributed by atoms with van der Waals surface area (Å²) >= 11 is 0. The number of hydrogen-bond donors (Lipinski definition) is 2. The van der Waals surface area contributed by atoms with E-state index < -0.39 is 0 Å². The van der Waals surface area contributed by atoms with Crippen molar-refractivity contribution in [1.82, 2.24) is 50.3 Å². The van der Waals surface area contributed by atoms with Gasteiger partial charge in [-0.3, -0.25) is 40.1 Å². The number of nitrogens with zero attached hydrogens (tertiary/aromatic N) is 8. The van der Waals surface area contributed by atoms with Crippen molar-refractivity contribution in [3.63, 3.8) is 0 Å². The van der Waals surface area contributed by atoms with Gasteiger partial charge < -0.3 is 0 Å². The normalized spacial score (nSPS) is 14.7. The Morgan fingerprint density at radius 3 is 1.37 bits per heavy atom. The Bertz CT molecular complexity index is 2270. The molecule has 0 unspecified atom stereocenters. The van der Waals surface area contributed by atoms with Gasteiger partial charge in [0.05, 0.1) is 5.69 Å². The minimum Gasteiger partial charge on any atom is -0.281 e. The van der Waals surface area contributed by atoms with Gasteiger partial charge in [-0.15, -0.1) is 0 Å². The molecule has 2 aliphatic rings. The molecule has 2 N–H and O–H groups in total. The summed E-state index contributed by atoms with van der Waals surface area (Å²) in [5.74, 6) is 0. The van der Waals surface area contributed by atoms with Gasteiger partial charge in [0.25, 0.3) is 0 Å². The molecule has 0 aliphatic heterocycles. The van der Waals surface area contributed by atoms with E-state index in [1.165, 1.54) is 22.3 Å². The quantitative estimate of drug-likeness (QED) is 0.181. The van der Waals surface area contributed by atoms with Gasteiger partial charge in [-0.1, -0.05) is 30.4 Å². The molecule has 0 atom stereocenters. The number of aromatic amines is 2.